The standard InChI is InChI=1S/C11H12ClNO3/c12-8-3-1-7(2-4-8)9-5-16-6-10(13-9)11(14)15/h1-4,9-10,13H,5-6H2,(H,14,15). The Balaban J connectivity index is 2.09. The van der Waals surface area contributed by atoms with Crippen LogP contribution in [0.5, 0.6) is 0 Å². The summed E-state index contributed by atoms with van der Waals surface area (Å²) in [5.74, 6) is -0.890. The van der Waals surface area contributed by atoms with Crippen LogP contribution in [-0.2, 0) is 9.53 Å². The highest BCUT2D eigenvalue weighted by Crippen LogP contribution is 2.19. The van der Waals surface area contributed by atoms with Crippen LogP contribution >= 0.6 is 11.6 Å². The fourth-order valence-electron chi connectivity index (χ4n) is 1.67. The zero-order valence-electron chi connectivity index (χ0n) is 8.52. The number of rotatable bonds is 2. The van der Waals surface area contributed by atoms with Crippen molar-refractivity contribution in [3.8, 4) is 0 Å². The average Bonchev–Trinajstić information content (AvgIpc) is 2.30. The largest absolute Gasteiger partial charge is 0.480 e. The van der Waals surface area contributed by atoms with Crippen molar-refractivity contribution in [1.82, 2.24) is 5.32 Å². The van der Waals surface area contributed by atoms with Gasteiger partial charge in [-0.15, -0.1) is 0 Å². The molecule has 0 spiro atoms. The van der Waals surface area contributed by atoms with Gasteiger partial charge in [-0.1, -0.05) is 23.7 Å². The molecule has 0 aliphatic carbocycles. The molecule has 5 heteroatoms. The van der Waals surface area contributed by atoms with Crippen molar-refractivity contribution < 1.29 is 14.6 Å². The topological polar surface area (TPSA) is 58.6 Å². The minimum Gasteiger partial charge on any atom is -0.480 e. The van der Waals surface area contributed by atoms with E-state index in [1.165, 1.54) is 0 Å². The van der Waals surface area contributed by atoms with Crippen LogP contribution in [0.4, 0.5) is 0 Å². The minimum absolute atomic E-state index is 0.0906. The first-order valence-electron chi connectivity index (χ1n) is 4.99. The molecule has 0 saturated carbocycles. The number of ether oxygens (including phenoxy) is 1. The fraction of sp³-hybridized carbons (Fsp3) is 0.364. The fourth-order valence-corrected chi connectivity index (χ4v) is 1.80. The van der Waals surface area contributed by atoms with Gasteiger partial charge in [0.1, 0.15) is 6.04 Å². The van der Waals surface area contributed by atoms with E-state index in [-0.39, 0.29) is 12.6 Å². The monoisotopic (exact) mass is 241 g/mol. The van der Waals surface area contributed by atoms with Crippen molar-refractivity contribution >= 4 is 17.6 Å². The number of aliphatic carboxylic acids is 1. The van der Waals surface area contributed by atoms with Gasteiger partial charge in [0.25, 0.3) is 0 Å². The molecule has 1 heterocycles. The van der Waals surface area contributed by atoms with Crippen molar-refractivity contribution in [3.63, 3.8) is 0 Å². The predicted molar refractivity (Wildman–Crippen MR) is 59.6 cm³/mol. The highest BCUT2D eigenvalue weighted by atomic mass is 35.5. The van der Waals surface area contributed by atoms with Gasteiger partial charge in [0.05, 0.1) is 19.3 Å². The van der Waals surface area contributed by atoms with Crippen LogP contribution in [0.2, 0.25) is 5.02 Å². The molecule has 2 N–H and O–H groups in total. The Labute approximate surface area is 98.2 Å². The van der Waals surface area contributed by atoms with Gasteiger partial charge in [0.2, 0.25) is 0 Å². The van der Waals surface area contributed by atoms with Crippen molar-refractivity contribution in [2.45, 2.75) is 12.1 Å². The van der Waals surface area contributed by atoms with E-state index < -0.39 is 12.0 Å². The van der Waals surface area contributed by atoms with Gasteiger partial charge in [-0.3, -0.25) is 10.1 Å². The summed E-state index contributed by atoms with van der Waals surface area (Å²) >= 11 is 5.78. The number of hydrogen-bond donors (Lipinski definition) is 2. The van der Waals surface area contributed by atoms with E-state index in [1.54, 1.807) is 12.1 Å². The molecule has 16 heavy (non-hydrogen) atoms. The lowest BCUT2D eigenvalue weighted by Gasteiger charge is -2.29. The molecule has 0 amide bonds. The second-order valence-corrected chi connectivity index (χ2v) is 4.14. The number of halogens is 1. The van der Waals surface area contributed by atoms with E-state index in [9.17, 15) is 4.79 Å². The summed E-state index contributed by atoms with van der Waals surface area (Å²) in [6.45, 7) is 0.685. The maximum Gasteiger partial charge on any atom is 0.323 e. The van der Waals surface area contributed by atoms with E-state index in [1.807, 2.05) is 12.1 Å². The third-order valence-electron chi connectivity index (χ3n) is 2.54. The van der Waals surface area contributed by atoms with Crippen LogP contribution in [0.3, 0.4) is 0 Å². The molecule has 2 atom stereocenters. The molecule has 86 valence electrons. The molecule has 0 bridgehead atoms. The lowest BCUT2D eigenvalue weighted by atomic mass is 10.1. The highest BCUT2D eigenvalue weighted by molar-refractivity contribution is 6.30. The molecule has 0 aromatic heterocycles. The molecule has 2 unspecified atom stereocenters. The zero-order valence-corrected chi connectivity index (χ0v) is 9.28. The summed E-state index contributed by atoms with van der Waals surface area (Å²) in [5, 5.41) is 12.6. The molecule has 0 radical (unpaired) electrons. The van der Waals surface area contributed by atoms with E-state index in [0.29, 0.717) is 11.6 Å². The average molecular weight is 242 g/mol. The second-order valence-electron chi connectivity index (χ2n) is 3.70. The smallest absolute Gasteiger partial charge is 0.323 e. The first kappa shape index (κ1) is 11.4. The van der Waals surface area contributed by atoms with Gasteiger partial charge < -0.3 is 9.84 Å². The SMILES string of the molecule is O=C(O)C1COCC(c2ccc(Cl)cc2)N1. The van der Waals surface area contributed by atoms with Crippen LogP contribution in [0.1, 0.15) is 11.6 Å². The Kier molecular flexibility index (Phi) is 3.43. The summed E-state index contributed by atoms with van der Waals surface area (Å²) < 4.78 is 5.26. The lowest BCUT2D eigenvalue weighted by molar-refractivity contribution is -0.143. The summed E-state index contributed by atoms with van der Waals surface area (Å²) in [4.78, 5) is 10.8. The number of carbonyl (C=O) groups is 1. The van der Waals surface area contributed by atoms with Crippen molar-refractivity contribution in [2.24, 2.45) is 0 Å². The lowest BCUT2D eigenvalue weighted by Crippen LogP contribution is -2.48. The molecule has 2 rings (SSSR count). The first-order chi connectivity index (χ1) is 7.66. The molecule has 1 aliphatic rings. The van der Waals surface area contributed by atoms with Gasteiger partial charge in [-0.2, -0.15) is 0 Å². The maximum absolute atomic E-state index is 10.8. The number of nitrogens with one attached hydrogen (secondary N) is 1. The van der Waals surface area contributed by atoms with Gasteiger partial charge in [0, 0.05) is 5.02 Å². The van der Waals surface area contributed by atoms with Gasteiger partial charge in [0.15, 0.2) is 0 Å². The first-order valence-corrected chi connectivity index (χ1v) is 5.36. The van der Waals surface area contributed by atoms with E-state index in [2.05, 4.69) is 5.32 Å². The van der Waals surface area contributed by atoms with Crippen LogP contribution in [0, 0.1) is 0 Å². The second kappa shape index (κ2) is 4.82. The summed E-state index contributed by atoms with van der Waals surface area (Å²) in [6, 6.07) is 6.56. The molecule has 1 aromatic carbocycles. The maximum atomic E-state index is 10.8. The van der Waals surface area contributed by atoms with Crippen molar-refractivity contribution in [1.29, 1.82) is 0 Å². The Morgan fingerprint density at radius 2 is 2.06 bits per heavy atom. The van der Waals surface area contributed by atoms with Crippen LogP contribution < -0.4 is 5.32 Å². The van der Waals surface area contributed by atoms with E-state index >= 15 is 0 Å². The van der Waals surface area contributed by atoms with E-state index in [4.69, 9.17) is 21.4 Å². The molecular formula is C11H12ClNO3. The number of carboxylic acid groups (broad SMARTS) is 1. The quantitative estimate of drug-likeness (QED) is 0.823. The molecular weight excluding hydrogens is 230 g/mol. The van der Waals surface area contributed by atoms with Gasteiger partial charge in [-0.05, 0) is 17.7 Å². The van der Waals surface area contributed by atoms with Crippen LogP contribution in [-0.4, -0.2) is 30.3 Å². The highest BCUT2D eigenvalue weighted by Gasteiger charge is 2.27. The normalized spacial score (nSPS) is 25.3. The number of carboxylic acids is 1. The Hall–Kier alpha value is -1.10. The molecule has 1 aromatic rings. The van der Waals surface area contributed by atoms with Crippen LogP contribution in [0.25, 0.3) is 0 Å². The van der Waals surface area contributed by atoms with Crippen molar-refractivity contribution in [2.75, 3.05) is 13.2 Å². The number of morpholine rings is 1. The van der Waals surface area contributed by atoms with E-state index in [0.717, 1.165) is 5.56 Å². The third kappa shape index (κ3) is 2.52. The summed E-state index contributed by atoms with van der Waals surface area (Å²) in [6.07, 6.45) is 0. The molecule has 4 nitrogen and oxygen atoms in total. The number of hydrogen-bond acceptors (Lipinski definition) is 3. The Morgan fingerprint density at radius 1 is 1.38 bits per heavy atom. The van der Waals surface area contributed by atoms with Crippen LogP contribution in [0.15, 0.2) is 24.3 Å². The zero-order chi connectivity index (χ0) is 11.5. The molecule has 1 aliphatic heterocycles. The summed E-state index contributed by atoms with van der Waals surface area (Å²) in [5.41, 5.74) is 0.982. The molecule has 1 fully saturated rings. The number of benzene rings is 1. The Morgan fingerprint density at radius 3 is 2.69 bits per heavy atom. The molecule has 1 saturated heterocycles. The third-order valence-corrected chi connectivity index (χ3v) is 2.79. The predicted octanol–water partition coefficient (Wildman–Crippen LogP) is 1.45. The van der Waals surface area contributed by atoms with Gasteiger partial charge in [-0.25, -0.2) is 0 Å². The Bertz CT molecular complexity index is 379. The minimum atomic E-state index is -0.890. The van der Waals surface area contributed by atoms with Crippen molar-refractivity contribution in [3.05, 3.63) is 34.9 Å². The summed E-state index contributed by atoms with van der Waals surface area (Å²) in [7, 11) is 0. The van der Waals surface area contributed by atoms with Gasteiger partial charge >= 0.3 is 5.97 Å².